The molecule has 0 aliphatic carbocycles. The predicted molar refractivity (Wildman–Crippen MR) is 94.5 cm³/mol. The standard InChI is InChI=1S/C19H21FN4O2/c20-15-3-4-16-17(13-15)23-26-18(16)14-5-10-24(11-6-14)9-2-12-25-19-21-7-1-8-22-19/h1,3-4,7-8,13-14H,2,5-6,9-12H2. The average molecular weight is 356 g/mol. The molecule has 0 spiro atoms. The van der Waals surface area contributed by atoms with Crippen LogP contribution in [0.5, 0.6) is 6.01 Å². The Morgan fingerprint density at radius 1 is 1.19 bits per heavy atom. The van der Waals surface area contributed by atoms with Crippen LogP contribution in [0.15, 0.2) is 41.2 Å². The van der Waals surface area contributed by atoms with E-state index < -0.39 is 0 Å². The first-order valence-corrected chi connectivity index (χ1v) is 8.96. The monoisotopic (exact) mass is 356 g/mol. The van der Waals surface area contributed by atoms with Crippen molar-refractivity contribution in [3.8, 4) is 6.01 Å². The van der Waals surface area contributed by atoms with Crippen molar-refractivity contribution in [1.82, 2.24) is 20.0 Å². The van der Waals surface area contributed by atoms with Crippen molar-refractivity contribution in [3.63, 3.8) is 0 Å². The molecule has 3 aromatic rings. The van der Waals surface area contributed by atoms with Crippen LogP contribution in [-0.2, 0) is 0 Å². The van der Waals surface area contributed by atoms with Crippen LogP contribution in [-0.4, -0.2) is 46.3 Å². The van der Waals surface area contributed by atoms with Crippen LogP contribution in [0, 0.1) is 5.82 Å². The van der Waals surface area contributed by atoms with Gasteiger partial charge in [-0.25, -0.2) is 14.4 Å². The van der Waals surface area contributed by atoms with Crippen LogP contribution < -0.4 is 4.74 Å². The highest BCUT2D eigenvalue weighted by Crippen LogP contribution is 2.33. The van der Waals surface area contributed by atoms with Crippen molar-refractivity contribution in [2.75, 3.05) is 26.2 Å². The fourth-order valence-electron chi connectivity index (χ4n) is 3.46. The number of nitrogens with zero attached hydrogens (tertiary/aromatic N) is 4. The molecule has 4 rings (SSSR count). The zero-order valence-electron chi connectivity index (χ0n) is 14.5. The first-order valence-electron chi connectivity index (χ1n) is 8.96. The van der Waals surface area contributed by atoms with Crippen LogP contribution in [0.4, 0.5) is 4.39 Å². The molecule has 26 heavy (non-hydrogen) atoms. The Morgan fingerprint density at radius 2 is 2.00 bits per heavy atom. The van der Waals surface area contributed by atoms with E-state index in [0.717, 1.165) is 50.0 Å². The summed E-state index contributed by atoms with van der Waals surface area (Å²) in [5.74, 6) is 0.954. The molecule has 0 saturated carbocycles. The van der Waals surface area contributed by atoms with Crippen molar-refractivity contribution in [2.45, 2.75) is 25.2 Å². The third kappa shape index (κ3) is 3.83. The SMILES string of the molecule is Fc1ccc2c(C3CCN(CCCOc4ncccn4)CC3)onc2c1. The van der Waals surface area contributed by atoms with Crippen molar-refractivity contribution in [3.05, 3.63) is 48.2 Å². The highest BCUT2D eigenvalue weighted by atomic mass is 19.1. The number of ether oxygens (including phenoxy) is 1. The average Bonchev–Trinajstić information content (AvgIpc) is 3.09. The molecule has 7 heteroatoms. The summed E-state index contributed by atoms with van der Waals surface area (Å²) in [7, 11) is 0. The molecule has 2 aromatic heterocycles. The van der Waals surface area contributed by atoms with Crippen molar-refractivity contribution >= 4 is 10.9 Å². The number of fused-ring (bicyclic) bond motifs is 1. The number of hydrogen-bond donors (Lipinski definition) is 0. The Labute approximate surface area is 151 Å². The van der Waals surface area contributed by atoms with Gasteiger partial charge in [-0.2, -0.15) is 0 Å². The number of likely N-dealkylation sites (tertiary alicyclic amines) is 1. The molecular formula is C19H21FN4O2. The molecule has 1 fully saturated rings. The van der Waals surface area contributed by atoms with E-state index >= 15 is 0 Å². The second-order valence-corrected chi connectivity index (χ2v) is 6.56. The summed E-state index contributed by atoms with van der Waals surface area (Å²) in [5.41, 5.74) is 0.600. The third-order valence-corrected chi connectivity index (χ3v) is 4.82. The quantitative estimate of drug-likeness (QED) is 0.631. The number of aromatic nitrogens is 3. The summed E-state index contributed by atoms with van der Waals surface area (Å²) in [6.07, 6.45) is 6.32. The van der Waals surface area contributed by atoms with Crippen LogP contribution >= 0.6 is 0 Å². The minimum Gasteiger partial charge on any atom is -0.463 e. The summed E-state index contributed by atoms with van der Waals surface area (Å²) >= 11 is 0. The number of rotatable bonds is 6. The first-order chi connectivity index (χ1) is 12.8. The van der Waals surface area contributed by atoms with Gasteiger partial charge in [-0.15, -0.1) is 0 Å². The number of halogens is 1. The van der Waals surface area contributed by atoms with E-state index in [4.69, 9.17) is 9.26 Å². The Balaban J connectivity index is 1.25. The molecule has 1 saturated heterocycles. The molecular weight excluding hydrogens is 335 g/mol. The van der Waals surface area contributed by atoms with Gasteiger partial charge < -0.3 is 14.2 Å². The smallest absolute Gasteiger partial charge is 0.316 e. The predicted octanol–water partition coefficient (Wildman–Crippen LogP) is 3.41. The summed E-state index contributed by atoms with van der Waals surface area (Å²) < 4.78 is 24.3. The molecule has 3 heterocycles. The molecule has 6 nitrogen and oxygen atoms in total. The van der Waals surface area contributed by atoms with Gasteiger partial charge in [0.05, 0.1) is 6.61 Å². The molecule has 1 aliphatic rings. The lowest BCUT2D eigenvalue weighted by Gasteiger charge is -2.30. The highest BCUT2D eigenvalue weighted by Gasteiger charge is 2.25. The van der Waals surface area contributed by atoms with E-state index in [0.29, 0.717) is 24.1 Å². The summed E-state index contributed by atoms with van der Waals surface area (Å²) in [4.78, 5) is 10.5. The van der Waals surface area contributed by atoms with Gasteiger partial charge in [-0.1, -0.05) is 5.16 Å². The largest absolute Gasteiger partial charge is 0.463 e. The molecule has 0 N–H and O–H groups in total. The molecule has 1 aliphatic heterocycles. The number of piperidine rings is 1. The first kappa shape index (κ1) is 16.9. The van der Waals surface area contributed by atoms with Crippen molar-refractivity contribution in [2.24, 2.45) is 0 Å². The van der Waals surface area contributed by atoms with Gasteiger partial charge in [0.25, 0.3) is 0 Å². The van der Waals surface area contributed by atoms with Gasteiger partial charge in [0.2, 0.25) is 0 Å². The maximum atomic E-state index is 13.3. The normalized spacial score (nSPS) is 16.2. The molecule has 0 amide bonds. The topological polar surface area (TPSA) is 64.3 Å². The van der Waals surface area contributed by atoms with Crippen LogP contribution in [0.3, 0.4) is 0 Å². The maximum absolute atomic E-state index is 13.3. The summed E-state index contributed by atoms with van der Waals surface area (Å²) in [5, 5.41) is 4.94. The van der Waals surface area contributed by atoms with Crippen molar-refractivity contribution in [1.29, 1.82) is 0 Å². The molecule has 0 unspecified atom stereocenters. The zero-order chi connectivity index (χ0) is 17.8. The van der Waals surface area contributed by atoms with E-state index in [1.54, 1.807) is 24.5 Å². The van der Waals surface area contributed by atoms with Crippen LogP contribution in [0.1, 0.15) is 30.9 Å². The third-order valence-electron chi connectivity index (χ3n) is 4.82. The number of benzene rings is 1. The van der Waals surface area contributed by atoms with E-state index in [2.05, 4.69) is 20.0 Å². The van der Waals surface area contributed by atoms with Gasteiger partial charge in [0.15, 0.2) is 0 Å². The lowest BCUT2D eigenvalue weighted by molar-refractivity contribution is 0.180. The maximum Gasteiger partial charge on any atom is 0.316 e. The van der Waals surface area contributed by atoms with Crippen LogP contribution in [0.2, 0.25) is 0 Å². The fourth-order valence-corrected chi connectivity index (χ4v) is 3.46. The minimum absolute atomic E-state index is 0.282. The van der Waals surface area contributed by atoms with E-state index in [9.17, 15) is 4.39 Å². The Hall–Kier alpha value is -2.54. The summed E-state index contributed by atoms with van der Waals surface area (Å²) in [6.45, 7) is 3.62. The fraction of sp³-hybridized carbons (Fsp3) is 0.421. The second-order valence-electron chi connectivity index (χ2n) is 6.56. The minimum atomic E-state index is -0.282. The molecule has 1 aromatic carbocycles. The van der Waals surface area contributed by atoms with Gasteiger partial charge in [0.1, 0.15) is 17.1 Å². The number of hydrogen-bond acceptors (Lipinski definition) is 6. The van der Waals surface area contributed by atoms with Gasteiger partial charge in [-0.05, 0) is 50.6 Å². The summed E-state index contributed by atoms with van der Waals surface area (Å²) in [6, 6.07) is 6.86. The molecule has 136 valence electrons. The Morgan fingerprint density at radius 3 is 2.81 bits per heavy atom. The molecule has 0 bridgehead atoms. The lowest BCUT2D eigenvalue weighted by Crippen LogP contribution is -2.34. The lowest BCUT2D eigenvalue weighted by atomic mass is 9.92. The highest BCUT2D eigenvalue weighted by molar-refractivity contribution is 5.80. The van der Waals surface area contributed by atoms with Gasteiger partial charge in [0, 0.05) is 36.3 Å². The van der Waals surface area contributed by atoms with Gasteiger partial charge >= 0.3 is 6.01 Å². The van der Waals surface area contributed by atoms with E-state index in [1.165, 1.54) is 12.1 Å². The molecule has 0 radical (unpaired) electrons. The van der Waals surface area contributed by atoms with E-state index in [-0.39, 0.29) is 5.82 Å². The zero-order valence-corrected chi connectivity index (χ0v) is 14.5. The molecule has 0 atom stereocenters. The van der Waals surface area contributed by atoms with Crippen LogP contribution in [0.25, 0.3) is 10.9 Å². The Kier molecular flexibility index (Phi) is 5.06. The Bertz CT molecular complexity index is 847. The second kappa shape index (κ2) is 7.78. The van der Waals surface area contributed by atoms with Gasteiger partial charge in [-0.3, -0.25) is 0 Å². The van der Waals surface area contributed by atoms with E-state index in [1.807, 2.05) is 0 Å². The van der Waals surface area contributed by atoms with Crippen molar-refractivity contribution < 1.29 is 13.7 Å².